The van der Waals surface area contributed by atoms with Gasteiger partial charge in [0, 0.05) is 6.20 Å². The Kier molecular flexibility index (Phi) is 6.69. The van der Waals surface area contributed by atoms with E-state index in [1.807, 2.05) is 18.2 Å². The van der Waals surface area contributed by atoms with Crippen LogP contribution in [0.2, 0.25) is 10.0 Å². The third kappa shape index (κ3) is 5.47. The highest BCUT2D eigenvalue weighted by molar-refractivity contribution is 6.36. The molecule has 1 heterocycles. The second kappa shape index (κ2) is 9.41. The zero-order valence-electron chi connectivity index (χ0n) is 15.3. The van der Waals surface area contributed by atoms with Crippen LogP contribution in [-0.4, -0.2) is 23.0 Å². The van der Waals surface area contributed by atoms with Crippen LogP contribution >= 0.6 is 23.2 Å². The molecule has 1 N–H and O–H groups in total. The maximum Gasteiger partial charge on any atom is 0.342 e. The lowest BCUT2D eigenvalue weighted by Crippen LogP contribution is -2.30. The fourth-order valence-electron chi connectivity index (χ4n) is 2.34. The number of halogens is 2. The minimum Gasteiger partial charge on any atom is -0.456 e. The van der Waals surface area contributed by atoms with Crippen molar-refractivity contribution in [1.82, 2.24) is 4.98 Å². The molecule has 1 amide bonds. The molecular weight excluding hydrogens is 415 g/mol. The molecular formula is C21H16Cl2N2O4. The first-order chi connectivity index (χ1) is 13.9. The average molecular weight is 431 g/mol. The molecule has 0 aliphatic carbocycles. The van der Waals surface area contributed by atoms with Crippen molar-refractivity contribution >= 4 is 40.9 Å². The molecule has 3 aromatic rings. The molecule has 8 heteroatoms. The third-order valence-electron chi connectivity index (χ3n) is 3.78. The second-order valence-electron chi connectivity index (χ2n) is 5.93. The Labute approximate surface area is 177 Å². The van der Waals surface area contributed by atoms with Gasteiger partial charge < -0.3 is 14.8 Å². The van der Waals surface area contributed by atoms with E-state index in [0.29, 0.717) is 16.5 Å². The van der Waals surface area contributed by atoms with E-state index in [1.165, 1.54) is 19.2 Å². The molecule has 0 radical (unpaired) electrons. The number of carbonyl (C=O) groups is 2. The van der Waals surface area contributed by atoms with E-state index in [1.54, 1.807) is 36.4 Å². The Bertz CT molecular complexity index is 1030. The van der Waals surface area contributed by atoms with Crippen LogP contribution in [0.3, 0.4) is 0 Å². The molecule has 0 bridgehead atoms. The number of pyridine rings is 1. The van der Waals surface area contributed by atoms with E-state index >= 15 is 0 Å². The molecule has 1 unspecified atom stereocenters. The van der Waals surface area contributed by atoms with Gasteiger partial charge in [-0.15, -0.1) is 0 Å². The minimum atomic E-state index is -1.10. The highest BCUT2D eigenvalue weighted by Gasteiger charge is 2.22. The molecule has 148 valence electrons. The predicted molar refractivity (Wildman–Crippen MR) is 111 cm³/mol. The summed E-state index contributed by atoms with van der Waals surface area (Å²) >= 11 is 11.8. The number of anilines is 1. The first-order valence-electron chi connectivity index (χ1n) is 8.59. The second-order valence-corrected chi connectivity index (χ2v) is 6.78. The van der Waals surface area contributed by atoms with Crippen molar-refractivity contribution in [3.63, 3.8) is 0 Å². The largest absolute Gasteiger partial charge is 0.456 e. The molecule has 1 atom stereocenters. The van der Waals surface area contributed by atoms with Crippen LogP contribution in [0.15, 0.2) is 66.9 Å². The quantitative estimate of drug-likeness (QED) is 0.532. The number of amides is 1. The lowest BCUT2D eigenvalue weighted by Gasteiger charge is -2.15. The molecule has 0 aliphatic heterocycles. The van der Waals surface area contributed by atoms with Gasteiger partial charge in [-0.25, -0.2) is 9.78 Å². The van der Waals surface area contributed by atoms with Gasteiger partial charge in [-0.1, -0.05) is 53.5 Å². The molecule has 6 nitrogen and oxygen atoms in total. The van der Waals surface area contributed by atoms with E-state index in [9.17, 15) is 9.59 Å². The summed E-state index contributed by atoms with van der Waals surface area (Å²) in [5, 5.41) is 3.01. The number of benzene rings is 2. The number of carbonyl (C=O) groups excluding carboxylic acids is 2. The molecule has 1 aromatic heterocycles. The van der Waals surface area contributed by atoms with Gasteiger partial charge in [-0.2, -0.15) is 0 Å². The molecule has 0 saturated heterocycles. The van der Waals surface area contributed by atoms with Gasteiger partial charge in [0.15, 0.2) is 11.9 Å². The number of nitrogens with zero attached hydrogens (tertiary/aromatic N) is 1. The Morgan fingerprint density at radius 3 is 2.45 bits per heavy atom. The maximum absolute atomic E-state index is 12.6. The van der Waals surface area contributed by atoms with Crippen LogP contribution in [0.25, 0.3) is 0 Å². The standard InChI is InChI=1S/C21H16Cl2N2O4/c1-13(20(26)25-19-17(23)11-14(22)12-24-19)28-21(27)16-9-5-6-10-18(16)29-15-7-3-2-4-8-15/h2-13H,1H3,(H,24,25,26). The van der Waals surface area contributed by atoms with Gasteiger partial charge in [-0.3, -0.25) is 4.79 Å². The molecule has 0 saturated carbocycles. The Balaban J connectivity index is 1.69. The number of nitrogens with one attached hydrogen (secondary N) is 1. The normalized spacial score (nSPS) is 11.4. The monoisotopic (exact) mass is 430 g/mol. The van der Waals surface area contributed by atoms with Crippen LogP contribution in [0, 0.1) is 0 Å². The van der Waals surface area contributed by atoms with Crippen molar-refractivity contribution in [1.29, 1.82) is 0 Å². The minimum absolute atomic E-state index is 0.122. The molecule has 0 spiro atoms. The fraction of sp³-hybridized carbons (Fsp3) is 0.0952. The molecule has 0 fully saturated rings. The SMILES string of the molecule is CC(OC(=O)c1ccccc1Oc1ccccc1)C(=O)Nc1ncc(Cl)cc1Cl. The Hall–Kier alpha value is -3.09. The highest BCUT2D eigenvalue weighted by atomic mass is 35.5. The zero-order chi connectivity index (χ0) is 20.8. The van der Waals surface area contributed by atoms with Crippen LogP contribution in [-0.2, 0) is 9.53 Å². The molecule has 3 rings (SSSR count). The topological polar surface area (TPSA) is 77.5 Å². The van der Waals surface area contributed by atoms with E-state index < -0.39 is 18.0 Å². The van der Waals surface area contributed by atoms with Crippen molar-refractivity contribution < 1.29 is 19.1 Å². The Morgan fingerprint density at radius 2 is 1.72 bits per heavy atom. The lowest BCUT2D eigenvalue weighted by atomic mass is 10.2. The number of para-hydroxylation sites is 2. The van der Waals surface area contributed by atoms with Crippen LogP contribution in [0.1, 0.15) is 17.3 Å². The number of ether oxygens (including phenoxy) is 2. The Morgan fingerprint density at radius 1 is 1.03 bits per heavy atom. The van der Waals surface area contributed by atoms with Gasteiger partial charge in [0.2, 0.25) is 0 Å². The maximum atomic E-state index is 12.6. The van der Waals surface area contributed by atoms with E-state index in [0.717, 1.165) is 0 Å². The van der Waals surface area contributed by atoms with Crippen molar-refractivity contribution in [2.24, 2.45) is 0 Å². The van der Waals surface area contributed by atoms with Gasteiger partial charge >= 0.3 is 5.97 Å². The fourth-order valence-corrected chi connectivity index (χ4v) is 2.77. The molecule has 0 aliphatic rings. The van der Waals surface area contributed by atoms with E-state index in [2.05, 4.69) is 10.3 Å². The first kappa shape index (κ1) is 20.6. The molecule has 29 heavy (non-hydrogen) atoms. The predicted octanol–water partition coefficient (Wildman–Crippen LogP) is 5.36. The van der Waals surface area contributed by atoms with E-state index in [4.69, 9.17) is 32.7 Å². The van der Waals surface area contributed by atoms with Crippen molar-refractivity contribution in [2.45, 2.75) is 13.0 Å². The summed E-state index contributed by atoms with van der Waals surface area (Å²) in [5.41, 5.74) is 0.193. The zero-order valence-corrected chi connectivity index (χ0v) is 16.8. The summed E-state index contributed by atoms with van der Waals surface area (Å²) in [6.07, 6.45) is 0.248. The van der Waals surface area contributed by atoms with Crippen LogP contribution in [0.5, 0.6) is 11.5 Å². The number of hydrogen-bond donors (Lipinski definition) is 1. The summed E-state index contributed by atoms with van der Waals surface area (Å²) in [6.45, 7) is 1.44. The highest BCUT2D eigenvalue weighted by Crippen LogP contribution is 2.26. The smallest absolute Gasteiger partial charge is 0.342 e. The third-order valence-corrected chi connectivity index (χ3v) is 4.28. The summed E-state index contributed by atoms with van der Waals surface area (Å²) in [4.78, 5) is 28.9. The number of hydrogen-bond acceptors (Lipinski definition) is 5. The average Bonchev–Trinajstić information content (AvgIpc) is 2.71. The van der Waals surface area contributed by atoms with Crippen molar-refractivity contribution in [3.8, 4) is 11.5 Å². The lowest BCUT2D eigenvalue weighted by molar-refractivity contribution is -0.123. The van der Waals surface area contributed by atoms with Crippen molar-refractivity contribution in [3.05, 3.63) is 82.5 Å². The summed E-state index contributed by atoms with van der Waals surface area (Å²) in [7, 11) is 0. The summed E-state index contributed by atoms with van der Waals surface area (Å²) in [5.74, 6) is -0.275. The summed E-state index contributed by atoms with van der Waals surface area (Å²) < 4.78 is 11.0. The van der Waals surface area contributed by atoms with Crippen LogP contribution in [0.4, 0.5) is 5.82 Å². The summed E-state index contributed by atoms with van der Waals surface area (Å²) in [6, 6.07) is 17.1. The van der Waals surface area contributed by atoms with E-state index in [-0.39, 0.29) is 16.4 Å². The van der Waals surface area contributed by atoms with Gasteiger partial charge in [0.1, 0.15) is 17.1 Å². The van der Waals surface area contributed by atoms with Gasteiger partial charge in [-0.05, 0) is 37.3 Å². The number of aromatic nitrogens is 1. The van der Waals surface area contributed by atoms with Crippen LogP contribution < -0.4 is 10.1 Å². The van der Waals surface area contributed by atoms with Gasteiger partial charge in [0.25, 0.3) is 5.91 Å². The number of rotatable bonds is 6. The van der Waals surface area contributed by atoms with Gasteiger partial charge in [0.05, 0.1) is 10.0 Å². The molecule has 2 aromatic carbocycles. The first-order valence-corrected chi connectivity index (χ1v) is 9.34. The number of esters is 1. The van der Waals surface area contributed by atoms with Crippen molar-refractivity contribution in [2.75, 3.05) is 5.32 Å².